The van der Waals surface area contributed by atoms with E-state index in [1.165, 1.54) is 0 Å². The number of carboxylic acids is 1. The van der Waals surface area contributed by atoms with Crippen molar-refractivity contribution in [2.24, 2.45) is 0 Å². The molecular weight excluding hydrogens is 547 g/mol. The van der Waals surface area contributed by atoms with Crippen LogP contribution >= 0.6 is 23.2 Å². The summed E-state index contributed by atoms with van der Waals surface area (Å²) in [6.07, 6.45) is 6.64. The van der Waals surface area contributed by atoms with Crippen molar-refractivity contribution < 1.29 is 19.2 Å². The van der Waals surface area contributed by atoms with Crippen molar-refractivity contribution >= 4 is 39.9 Å². The van der Waals surface area contributed by atoms with Gasteiger partial charge < -0.3 is 14.4 Å². The normalized spacial score (nSPS) is 22.7. The lowest BCUT2D eigenvalue weighted by atomic mass is 9.96. The minimum absolute atomic E-state index is 0.162. The molecule has 4 aromatic rings. The summed E-state index contributed by atoms with van der Waals surface area (Å²) in [4.78, 5) is 14.3. The van der Waals surface area contributed by atoms with E-state index in [0.29, 0.717) is 40.2 Å². The summed E-state index contributed by atoms with van der Waals surface area (Å²) in [6, 6.07) is 17.6. The van der Waals surface area contributed by atoms with Gasteiger partial charge in [0.1, 0.15) is 11.5 Å². The summed E-state index contributed by atoms with van der Waals surface area (Å²) in [6.45, 7) is 1.24. The van der Waals surface area contributed by atoms with Crippen LogP contribution in [-0.4, -0.2) is 39.3 Å². The number of rotatable bonds is 8. The molecule has 1 N–H and O–H groups in total. The van der Waals surface area contributed by atoms with Crippen LogP contribution in [0.1, 0.15) is 71.7 Å². The van der Waals surface area contributed by atoms with Crippen molar-refractivity contribution in [3.8, 4) is 11.3 Å². The highest BCUT2D eigenvalue weighted by Crippen LogP contribution is 2.48. The first-order chi connectivity index (χ1) is 19.5. The van der Waals surface area contributed by atoms with Crippen molar-refractivity contribution in [1.29, 1.82) is 0 Å². The van der Waals surface area contributed by atoms with Gasteiger partial charge in [0, 0.05) is 35.7 Å². The van der Waals surface area contributed by atoms with Crippen LogP contribution in [0.3, 0.4) is 0 Å². The Morgan fingerprint density at radius 2 is 1.65 bits per heavy atom. The minimum atomic E-state index is -0.912. The van der Waals surface area contributed by atoms with Gasteiger partial charge in [-0.05, 0) is 73.1 Å². The van der Waals surface area contributed by atoms with Crippen molar-refractivity contribution in [3.63, 3.8) is 0 Å². The Kier molecular flexibility index (Phi) is 6.83. The summed E-state index contributed by atoms with van der Waals surface area (Å²) in [7, 11) is 0. The van der Waals surface area contributed by atoms with Gasteiger partial charge in [0.25, 0.3) is 0 Å². The summed E-state index contributed by atoms with van der Waals surface area (Å²) < 4.78 is 12.4. The maximum absolute atomic E-state index is 11.7. The number of ether oxygens (including phenoxy) is 1. The van der Waals surface area contributed by atoms with Gasteiger partial charge in [-0.15, -0.1) is 0 Å². The SMILES string of the molecule is O=C(O)c1ccc(COC2CC3CCC(C2)N3Cc2c(-c3c(Cl)cccc3Cl)noc2C2CC2)c2ccccc12. The Bertz CT molecular complexity index is 1560. The molecule has 1 saturated carbocycles. The number of carbonyl (C=O) groups is 1. The molecule has 3 fully saturated rings. The van der Waals surface area contributed by atoms with Gasteiger partial charge in [0.15, 0.2) is 0 Å². The average molecular weight is 578 g/mol. The van der Waals surface area contributed by atoms with Crippen LogP contribution < -0.4 is 0 Å². The topological polar surface area (TPSA) is 75.8 Å². The second-order valence-electron chi connectivity index (χ2n) is 11.3. The fraction of sp³-hybridized carbons (Fsp3) is 0.375. The summed E-state index contributed by atoms with van der Waals surface area (Å²) >= 11 is 13.2. The quantitative estimate of drug-likeness (QED) is 0.228. The van der Waals surface area contributed by atoms with Crippen LogP contribution in [0.2, 0.25) is 10.0 Å². The number of nitrogens with zero attached hydrogens (tertiary/aromatic N) is 2. The van der Waals surface area contributed by atoms with Gasteiger partial charge >= 0.3 is 5.97 Å². The van der Waals surface area contributed by atoms with E-state index < -0.39 is 5.97 Å². The fourth-order valence-corrected chi connectivity index (χ4v) is 7.32. The molecule has 3 heterocycles. The number of benzene rings is 3. The summed E-state index contributed by atoms with van der Waals surface area (Å²) in [5.41, 5.74) is 3.99. The summed E-state index contributed by atoms with van der Waals surface area (Å²) in [5.74, 6) is 0.504. The lowest BCUT2D eigenvalue weighted by Gasteiger charge is -2.39. The molecule has 206 valence electrons. The molecule has 3 aromatic carbocycles. The number of carboxylic acid groups (broad SMARTS) is 1. The van der Waals surface area contributed by atoms with Crippen molar-refractivity contribution in [1.82, 2.24) is 10.1 Å². The molecule has 1 aromatic heterocycles. The number of hydrogen-bond donors (Lipinski definition) is 1. The number of aromatic nitrogens is 1. The maximum atomic E-state index is 11.7. The van der Waals surface area contributed by atoms with Crippen LogP contribution in [0.4, 0.5) is 0 Å². The van der Waals surface area contributed by atoms with E-state index in [2.05, 4.69) is 10.1 Å². The third-order valence-electron chi connectivity index (χ3n) is 8.87. The van der Waals surface area contributed by atoms with Crippen LogP contribution in [0.5, 0.6) is 0 Å². The third-order valence-corrected chi connectivity index (χ3v) is 9.50. The standard InChI is InChI=1S/C32H30Cl2N2O4/c33-27-6-3-7-28(34)29(27)30-26(31(40-35-30)18-8-9-18)16-36-20-11-12-21(36)15-22(14-20)39-17-19-10-13-25(32(37)38)24-5-2-1-4-23(19)24/h1-7,10,13,18,20-22H,8-9,11-12,14-17H2,(H,37,38). The zero-order chi connectivity index (χ0) is 27.4. The molecule has 3 aliphatic rings. The predicted octanol–water partition coefficient (Wildman–Crippen LogP) is 8.09. The second kappa shape index (κ2) is 10.5. The van der Waals surface area contributed by atoms with Gasteiger partial charge in [-0.25, -0.2) is 4.79 Å². The lowest BCUT2D eigenvalue weighted by molar-refractivity contribution is -0.0302. The minimum Gasteiger partial charge on any atom is -0.478 e. The van der Waals surface area contributed by atoms with Crippen molar-refractivity contribution in [3.05, 3.63) is 87.1 Å². The Morgan fingerprint density at radius 3 is 2.33 bits per heavy atom. The van der Waals surface area contributed by atoms with E-state index in [4.69, 9.17) is 32.5 Å². The molecule has 0 amide bonds. The molecule has 2 saturated heterocycles. The lowest BCUT2D eigenvalue weighted by Crippen LogP contribution is -2.45. The molecule has 2 bridgehead atoms. The maximum Gasteiger partial charge on any atom is 0.336 e. The van der Waals surface area contributed by atoms with E-state index in [-0.39, 0.29) is 6.10 Å². The van der Waals surface area contributed by atoms with E-state index in [1.54, 1.807) is 6.07 Å². The van der Waals surface area contributed by atoms with Crippen LogP contribution in [0.15, 0.2) is 59.1 Å². The molecule has 2 atom stereocenters. The Morgan fingerprint density at radius 1 is 0.950 bits per heavy atom. The number of aromatic carboxylic acids is 1. The third kappa shape index (κ3) is 4.71. The highest BCUT2D eigenvalue weighted by atomic mass is 35.5. The second-order valence-corrected chi connectivity index (χ2v) is 12.1. The zero-order valence-electron chi connectivity index (χ0n) is 22.0. The van der Waals surface area contributed by atoms with Gasteiger partial charge in [-0.1, -0.05) is 64.8 Å². The van der Waals surface area contributed by atoms with E-state index in [1.807, 2.05) is 48.5 Å². The molecule has 6 nitrogen and oxygen atoms in total. The van der Waals surface area contributed by atoms with Gasteiger partial charge in [0.05, 0.1) is 28.3 Å². The molecule has 2 unspecified atom stereocenters. The average Bonchev–Trinajstić information content (AvgIpc) is 3.67. The van der Waals surface area contributed by atoms with E-state index >= 15 is 0 Å². The summed E-state index contributed by atoms with van der Waals surface area (Å²) in [5, 5.41) is 16.9. The first-order valence-electron chi connectivity index (χ1n) is 14.0. The van der Waals surface area contributed by atoms with Crippen molar-refractivity contribution in [2.75, 3.05) is 0 Å². The molecule has 0 radical (unpaired) electrons. The Hall–Kier alpha value is -2.90. The molecule has 8 heteroatoms. The van der Waals surface area contributed by atoms with Crippen LogP contribution in [0.25, 0.3) is 22.0 Å². The molecule has 7 rings (SSSR count). The number of fused-ring (bicyclic) bond motifs is 3. The number of halogens is 2. The predicted molar refractivity (Wildman–Crippen MR) is 155 cm³/mol. The van der Waals surface area contributed by atoms with E-state index in [0.717, 1.165) is 84.0 Å². The molecular formula is C32H30Cl2N2O4. The van der Waals surface area contributed by atoms with Gasteiger partial charge in [-0.2, -0.15) is 0 Å². The van der Waals surface area contributed by atoms with Gasteiger partial charge in [-0.3, -0.25) is 4.90 Å². The highest BCUT2D eigenvalue weighted by Gasteiger charge is 2.43. The molecule has 1 aliphatic carbocycles. The number of piperidine rings is 1. The fourth-order valence-electron chi connectivity index (χ4n) is 6.74. The monoisotopic (exact) mass is 576 g/mol. The highest BCUT2D eigenvalue weighted by molar-refractivity contribution is 6.39. The van der Waals surface area contributed by atoms with E-state index in [9.17, 15) is 9.90 Å². The van der Waals surface area contributed by atoms with Crippen LogP contribution in [0, 0.1) is 0 Å². The number of hydrogen-bond acceptors (Lipinski definition) is 5. The van der Waals surface area contributed by atoms with Crippen molar-refractivity contribution in [2.45, 2.75) is 75.8 Å². The molecule has 40 heavy (non-hydrogen) atoms. The Labute approximate surface area is 242 Å². The Balaban J connectivity index is 1.09. The largest absolute Gasteiger partial charge is 0.478 e. The van der Waals surface area contributed by atoms with Gasteiger partial charge in [0.2, 0.25) is 0 Å². The first kappa shape index (κ1) is 26.0. The molecule has 0 spiro atoms. The zero-order valence-corrected chi connectivity index (χ0v) is 23.5. The van der Waals surface area contributed by atoms with Crippen LogP contribution in [-0.2, 0) is 17.9 Å². The smallest absolute Gasteiger partial charge is 0.336 e. The first-order valence-corrected chi connectivity index (χ1v) is 14.8. The molecule has 2 aliphatic heterocycles.